The minimum atomic E-state index is -1.35. The fraction of sp³-hybridized carbons (Fsp3) is 0.769. The maximum atomic E-state index is 11.3. The lowest BCUT2D eigenvalue weighted by molar-refractivity contribution is -0.139. The summed E-state index contributed by atoms with van der Waals surface area (Å²) in [6.07, 6.45) is -0.524. The Morgan fingerprint density at radius 3 is 1.86 bits per heavy atom. The van der Waals surface area contributed by atoms with Crippen LogP contribution in [0.3, 0.4) is 0 Å². The van der Waals surface area contributed by atoms with E-state index < -0.39 is 29.4 Å². The summed E-state index contributed by atoms with van der Waals surface area (Å²) < 4.78 is 0. The van der Waals surface area contributed by atoms with Gasteiger partial charge in [0, 0.05) is 18.4 Å². The molecule has 5 N–H and O–H groups in total. The topological polar surface area (TPSA) is 144 Å². The summed E-state index contributed by atoms with van der Waals surface area (Å²) in [4.78, 5) is 31.0. The highest BCUT2D eigenvalue weighted by Gasteiger charge is 2.32. The van der Waals surface area contributed by atoms with Gasteiger partial charge in [-0.3, -0.25) is 14.4 Å². The third-order valence-electron chi connectivity index (χ3n) is 2.50. The van der Waals surface area contributed by atoms with E-state index in [9.17, 15) is 19.5 Å². The molecule has 0 bridgehead atoms. The molecule has 0 fully saturated rings. The molecule has 0 aliphatic rings. The lowest BCUT2D eigenvalue weighted by atomic mass is 9.87. The van der Waals surface area contributed by atoms with Crippen LogP contribution in [0.1, 0.15) is 40.0 Å². The third-order valence-corrected chi connectivity index (χ3v) is 2.50. The van der Waals surface area contributed by atoms with Crippen LogP contribution >= 0.6 is 0 Å². The molecule has 0 saturated carbocycles. The molecule has 0 heterocycles. The number of carboxylic acids is 2. The van der Waals surface area contributed by atoms with Gasteiger partial charge in [-0.25, -0.2) is 0 Å². The second-order valence-electron chi connectivity index (χ2n) is 5.13. The van der Waals surface area contributed by atoms with Gasteiger partial charge in [0.05, 0.1) is 13.0 Å². The number of amides is 1. The van der Waals surface area contributed by atoms with Gasteiger partial charge in [0.2, 0.25) is 5.91 Å². The van der Waals surface area contributed by atoms with Crippen molar-refractivity contribution in [1.29, 1.82) is 0 Å². The Morgan fingerprint density at radius 2 is 1.57 bits per heavy atom. The molecule has 8 heteroatoms. The van der Waals surface area contributed by atoms with E-state index in [0.29, 0.717) is 6.42 Å². The van der Waals surface area contributed by atoms with Gasteiger partial charge < -0.3 is 25.7 Å². The minimum absolute atomic E-state index is 0.0350. The fourth-order valence-corrected chi connectivity index (χ4v) is 1.04. The van der Waals surface area contributed by atoms with Gasteiger partial charge in [0.1, 0.15) is 6.10 Å². The molecule has 124 valence electrons. The third kappa shape index (κ3) is 11.8. The number of hydrogen-bond acceptors (Lipinski definition) is 5. The largest absolute Gasteiger partial charge is 0.481 e. The van der Waals surface area contributed by atoms with E-state index in [1.165, 1.54) is 13.8 Å². The Morgan fingerprint density at radius 1 is 1.10 bits per heavy atom. The number of hydrogen-bond donors (Lipinski definition) is 5. The summed E-state index contributed by atoms with van der Waals surface area (Å²) in [5.41, 5.74) is -0.937. The van der Waals surface area contributed by atoms with Gasteiger partial charge in [0.15, 0.2) is 0 Å². The molecule has 0 aromatic heterocycles. The molecule has 0 saturated heterocycles. The first-order chi connectivity index (χ1) is 9.58. The first kappa shape index (κ1) is 21.6. The van der Waals surface area contributed by atoms with Gasteiger partial charge >= 0.3 is 11.9 Å². The second kappa shape index (κ2) is 11.0. The van der Waals surface area contributed by atoms with Crippen molar-refractivity contribution in [2.24, 2.45) is 5.41 Å². The normalized spacial score (nSPS) is 11.9. The molecule has 1 unspecified atom stereocenters. The Labute approximate surface area is 123 Å². The standard InChI is InChI=1S/C9H17NO5.C4H8O2/c1-9(2,5-11)7(14)8(15)10-4-3-6(12)13;1-2-3-4(5)6/h7,11,14H,3-5H2,1-2H3,(H,10,15)(H,12,13);2-3H2,1H3,(H,5,6). The molecule has 8 nitrogen and oxygen atoms in total. The number of aliphatic carboxylic acids is 2. The van der Waals surface area contributed by atoms with Crippen molar-refractivity contribution in [1.82, 2.24) is 5.32 Å². The highest BCUT2D eigenvalue weighted by Crippen LogP contribution is 2.19. The molecule has 0 aliphatic carbocycles. The number of nitrogens with one attached hydrogen (secondary N) is 1. The number of carboxylic acid groups (broad SMARTS) is 2. The maximum Gasteiger partial charge on any atom is 0.305 e. The average molecular weight is 307 g/mol. The SMILES string of the molecule is CC(C)(CO)C(O)C(=O)NCCC(=O)O.CCCC(=O)O. The number of carbonyl (C=O) groups is 3. The summed E-state index contributed by atoms with van der Waals surface area (Å²) in [6, 6.07) is 0. The van der Waals surface area contributed by atoms with Gasteiger partial charge in [-0.2, -0.15) is 0 Å². The molecule has 0 aromatic carbocycles. The molecule has 0 aliphatic heterocycles. The van der Waals surface area contributed by atoms with E-state index >= 15 is 0 Å². The number of rotatable bonds is 8. The molecule has 0 spiro atoms. The van der Waals surface area contributed by atoms with Crippen LogP contribution in [0.2, 0.25) is 0 Å². The van der Waals surface area contributed by atoms with Crippen LogP contribution in [0.25, 0.3) is 0 Å². The van der Waals surface area contributed by atoms with Gasteiger partial charge in [-0.15, -0.1) is 0 Å². The van der Waals surface area contributed by atoms with Crippen LogP contribution in [0.5, 0.6) is 0 Å². The van der Waals surface area contributed by atoms with E-state index in [4.69, 9.17) is 15.3 Å². The molecular weight excluding hydrogens is 282 g/mol. The van der Waals surface area contributed by atoms with Crippen molar-refractivity contribution in [3.05, 3.63) is 0 Å². The van der Waals surface area contributed by atoms with Crippen molar-refractivity contribution < 1.29 is 34.8 Å². The minimum Gasteiger partial charge on any atom is -0.481 e. The predicted molar refractivity (Wildman–Crippen MR) is 74.7 cm³/mol. The summed E-state index contributed by atoms with van der Waals surface area (Å²) in [7, 11) is 0. The fourth-order valence-electron chi connectivity index (χ4n) is 1.04. The lowest BCUT2D eigenvalue weighted by Gasteiger charge is -2.26. The Kier molecular flexibility index (Phi) is 11.4. The van der Waals surface area contributed by atoms with Crippen molar-refractivity contribution >= 4 is 17.8 Å². The maximum absolute atomic E-state index is 11.3. The zero-order valence-electron chi connectivity index (χ0n) is 12.6. The highest BCUT2D eigenvalue weighted by atomic mass is 16.4. The first-order valence-electron chi connectivity index (χ1n) is 6.58. The predicted octanol–water partition coefficient (Wildman–Crippen LogP) is -0.172. The van der Waals surface area contributed by atoms with Gasteiger partial charge in [-0.1, -0.05) is 20.8 Å². The average Bonchev–Trinajstić information content (AvgIpc) is 2.37. The van der Waals surface area contributed by atoms with Crippen LogP contribution in [-0.4, -0.2) is 57.5 Å². The molecule has 21 heavy (non-hydrogen) atoms. The van der Waals surface area contributed by atoms with E-state index in [0.717, 1.165) is 6.42 Å². The zero-order chi connectivity index (χ0) is 17.1. The quantitative estimate of drug-likeness (QED) is 0.418. The van der Waals surface area contributed by atoms with Crippen LogP contribution in [0, 0.1) is 5.41 Å². The number of aliphatic hydroxyl groups is 2. The lowest BCUT2D eigenvalue weighted by Crippen LogP contribution is -2.45. The van der Waals surface area contributed by atoms with Crippen molar-refractivity contribution in [2.45, 2.75) is 46.1 Å². The molecule has 1 amide bonds. The molecular formula is C13H25NO7. The van der Waals surface area contributed by atoms with Crippen molar-refractivity contribution in [3.63, 3.8) is 0 Å². The smallest absolute Gasteiger partial charge is 0.305 e. The van der Waals surface area contributed by atoms with Crippen LogP contribution in [0.4, 0.5) is 0 Å². The molecule has 0 rings (SSSR count). The van der Waals surface area contributed by atoms with E-state index in [1.807, 2.05) is 6.92 Å². The highest BCUT2D eigenvalue weighted by molar-refractivity contribution is 5.81. The van der Waals surface area contributed by atoms with Crippen LogP contribution in [-0.2, 0) is 14.4 Å². The van der Waals surface area contributed by atoms with Crippen LogP contribution < -0.4 is 5.32 Å². The van der Waals surface area contributed by atoms with E-state index in [2.05, 4.69) is 5.32 Å². The monoisotopic (exact) mass is 307 g/mol. The Balaban J connectivity index is 0. The summed E-state index contributed by atoms with van der Waals surface area (Å²) in [6.45, 7) is 4.55. The Hall–Kier alpha value is -1.67. The van der Waals surface area contributed by atoms with Gasteiger partial charge in [0.25, 0.3) is 0 Å². The van der Waals surface area contributed by atoms with Gasteiger partial charge in [-0.05, 0) is 6.42 Å². The van der Waals surface area contributed by atoms with E-state index in [-0.39, 0.29) is 19.6 Å². The van der Waals surface area contributed by atoms with Crippen molar-refractivity contribution in [3.8, 4) is 0 Å². The number of carbonyl (C=O) groups excluding carboxylic acids is 1. The van der Waals surface area contributed by atoms with Crippen LogP contribution in [0.15, 0.2) is 0 Å². The molecule has 0 aromatic rings. The van der Waals surface area contributed by atoms with E-state index in [1.54, 1.807) is 0 Å². The number of aliphatic hydroxyl groups excluding tert-OH is 2. The summed E-state index contributed by atoms with van der Waals surface area (Å²) in [5.74, 6) is -2.40. The van der Waals surface area contributed by atoms with Crippen molar-refractivity contribution in [2.75, 3.05) is 13.2 Å². The molecule has 1 atom stereocenters. The summed E-state index contributed by atoms with van der Waals surface area (Å²) in [5, 5.41) is 36.9. The Bertz CT molecular complexity index is 341. The zero-order valence-corrected chi connectivity index (χ0v) is 12.6. The summed E-state index contributed by atoms with van der Waals surface area (Å²) >= 11 is 0. The molecule has 0 radical (unpaired) electrons. The first-order valence-corrected chi connectivity index (χ1v) is 6.58. The second-order valence-corrected chi connectivity index (χ2v) is 5.13.